The van der Waals surface area contributed by atoms with Gasteiger partial charge in [0.1, 0.15) is 0 Å². The zero-order valence-electron chi connectivity index (χ0n) is 16.1. The molecule has 0 radical (unpaired) electrons. The first-order valence-corrected chi connectivity index (χ1v) is 10.2. The second-order valence-corrected chi connectivity index (χ2v) is 8.21. The molecule has 146 valence electrons. The average Bonchev–Trinajstić information content (AvgIpc) is 2.88. The number of halogens is 1. The number of methoxy groups -OCH3 is 1. The Bertz CT molecular complexity index is 937. The normalized spacial score (nSPS) is 14.4. The van der Waals surface area contributed by atoms with Gasteiger partial charge in [-0.25, -0.2) is 0 Å². The van der Waals surface area contributed by atoms with Gasteiger partial charge in [0.25, 0.3) is 11.8 Å². The zero-order chi connectivity index (χ0) is 20.3. The molecule has 1 heterocycles. The highest BCUT2D eigenvalue weighted by Gasteiger charge is 2.39. The van der Waals surface area contributed by atoms with E-state index in [1.54, 1.807) is 19.2 Å². The lowest BCUT2D eigenvalue weighted by Crippen LogP contribution is -2.33. The summed E-state index contributed by atoms with van der Waals surface area (Å²) in [5.74, 6) is -0.499. The van der Waals surface area contributed by atoms with Crippen LogP contribution in [0.2, 0.25) is 5.02 Å². The van der Waals surface area contributed by atoms with E-state index in [1.165, 1.54) is 16.7 Å². The fraction of sp³-hybridized carbons (Fsp3) is 0.273. The molecule has 0 spiro atoms. The average molecular weight is 416 g/mol. The van der Waals surface area contributed by atoms with E-state index in [-0.39, 0.29) is 11.8 Å². The summed E-state index contributed by atoms with van der Waals surface area (Å²) in [7, 11) is 1.61. The molecule has 0 saturated carbocycles. The number of thioether (sulfide) groups is 1. The van der Waals surface area contributed by atoms with Crippen molar-refractivity contribution in [1.82, 2.24) is 4.90 Å². The molecular weight excluding hydrogens is 394 g/mol. The van der Waals surface area contributed by atoms with E-state index in [0.717, 1.165) is 21.6 Å². The molecule has 0 fully saturated rings. The molecule has 0 aliphatic carbocycles. The standard InChI is InChI=1S/C22H22ClNO3S/c1-14-5-10-18(15(2)13-14)19-20(28-17-8-6-16(23)7-9-17)22(26)24(21(19)25)11-4-12-27-3/h5-10,13H,4,11-12H2,1-3H3. The number of nitrogens with zero attached hydrogens (tertiary/aromatic N) is 1. The van der Waals surface area contributed by atoms with Crippen LogP contribution in [0.3, 0.4) is 0 Å². The molecule has 4 nitrogen and oxygen atoms in total. The largest absolute Gasteiger partial charge is 0.385 e. The van der Waals surface area contributed by atoms with Gasteiger partial charge in [0.2, 0.25) is 0 Å². The van der Waals surface area contributed by atoms with Gasteiger partial charge < -0.3 is 4.74 Å². The number of carbonyl (C=O) groups excluding carboxylic acids is 2. The molecule has 2 aromatic carbocycles. The fourth-order valence-corrected chi connectivity index (χ4v) is 4.30. The van der Waals surface area contributed by atoms with Crippen LogP contribution in [0.1, 0.15) is 23.1 Å². The number of benzene rings is 2. The third-order valence-corrected chi connectivity index (χ3v) is 5.88. The summed E-state index contributed by atoms with van der Waals surface area (Å²) < 4.78 is 5.07. The van der Waals surface area contributed by atoms with Crippen LogP contribution in [-0.4, -0.2) is 37.0 Å². The lowest BCUT2D eigenvalue weighted by Gasteiger charge is -2.15. The van der Waals surface area contributed by atoms with Crippen molar-refractivity contribution in [3.8, 4) is 0 Å². The van der Waals surface area contributed by atoms with Crippen LogP contribution in [0.4, 0.5) is 0 Å². The van der Waals surface area contributed by atoms with Crippen LogP contribution < -0.4 is 0 Å². The highest BCUT2D eigenvalue weighted by molar-refractivity contribution is 8.04. The highest BCUT2D eigenvalue weighted by Crippen LogP contribution is 2.40. The van der Waals surface area contributed by atoms with Crippen LogP contribution in [0.25, 0.3) is 5.57 Å². The molecule has 6 heteroatoms. The predicted molar refractivity (Wildman–Crippen MR) is 113 cm³/mol. The summed E-state index contributed by atoms with van der Waals surface area (Å²) in [6.07, 6.45) is 0.604. The van der Waals surface area contributed by atoms with E-state index in [2.05, 4.69) is 0 Å². The first-order chi connectivity index (χ1) is 13.4. The van der Waals surface area contributed by atoms with Crippen LogP contribution >= 0.6 is 23.4 Å². The van der Waals surface area contributed by atoms with Gasteiger partial charge >= 0.3 is 0 Å². The zero-order valence-corrected chi connectivity index (χ0v) is 17.7. The summed E-state index contributed by atoms with van der Waals surface area (Å²) in [4.78, 5) is 28.9. The lowest BCUT2D eigenvalue weighted by molar-refractivity contribution is -0.136. The molecule has 0 aromatic heterocycles. The Morgan fingerprint density at radius 2 is 1.75 bits per heavy atom. The second-order valence-electron chi connectivity index (χ2n) is 6.69. The number of carbonyl (C=O) groups is 2. The van der Waals surface area contributed by atoms with E-state index in [1.807, 2.05) is 44.2 Å². The van der Waals surface area contributed by atoms with Gasteiger partial charge in [-0.1, -0.05) is 47.1 Å². The molecule has 1 aliphatic heterocycles. The Morgan fingerprint density at radius 3 is 2.39 bits per heavy atom. The summed E-state index contributed by atoms with van der Waals surface area (Å²) in [6, 6.07) is 13.2. The molecular formula is C22H22ClNO3S. The number of amides is 2. The van der Waals surface area contributed by atoms with Gasteiger partial charge in [0.15, 0.2) is 0 Å². The topological polar surface area (TPSA) is 46.6 Å². The minimum Gasteiger partial charge on any atom is -0.385 e. The van der Waals surface area contributed by atoms with Crippen LogP contribution in [0.5, 0.6) is 0 Å². The molecule has 0 unspecified atom stereocenters. The van der Waals surface area contributed by atoms with Gasteiger partial charge in [-0.2, -0.15) is 0 Å². The highest BCUT2D eigenvalue weighted by atomic mass is 35.5. The smallest absolute Gasteiger partial charge is 0.268 e. The SMILES string of the molecule is COCCCN1C(=O)C(Sc2ccc(Cl)cc2)=C(c2ccc(C)cc2C)C1=O. The van der Waals surface area contributed by atoms with E-state index < -0.39 is 0 Å². The van der Waals surface area contributed by atoms with Gasteiger partial charge in [0, 0.05) is 30.2 Å². The van der Waals surface area contributed by atoms with E-state index in [4.69, 9.17) is 16.3 Å². The number of imide groups is 1. The van der Waals surface area contributed by atoms with Gasteiger partial charge in [-0.15, -0.1) is 0 Å². The maximum Gasteiger partial charge on any atom is 0.268 e. The predicted octanol–water partition coefficient (Wildman–Crippen LogP) is 4.87. The van der Waals surface area contributed by atoms with Crippen LogP contribution in [0.15, 0.2) is 52.3 Å². The lowest BCUT2D eigenvalue weighted by atomic mass is 9.99. The molecule has 2 aromatic rings. The minimum atomic E-state index is -0.254. The summed E-state index contributed by atoms with van der Waals surface area (Å²) in [6.45, 7) is 4.80. The monoisotopic (exact) mass is 415 g/mol. The Hall–Kier alpha value is -2.08. The molecule has 0 N–H and O–H groups in total. The number of hydrogen-bond acceptors (Lipinski definition) is 4. The van der Waals surface area contributed by atoms with Crippen molar-refractivity contribution in [3.63, 3.8) is 0 Å². The molecule has 3 rings (SSSR count). The van der Waals surface area contributed by atoms with Gasteiger partial charge in [-0.05, 0) is 55.7 Å². The number of aryl methyl sites for hydroxylation is 2. The van der Waals surface area contributed by atoms with Crippen molar-refractivity contribution in [2.45, 2.75) is 25.2 Å². The summed E-state index contributed by atoms with van der Waals surface area (Å²) in [5, 5.41) is 0.628. The fourth-order valence-electron chi connectivity index (χ4n) is 3.17. The van der Waals surface area contributed by atoms with Crippen molar-refractivity contribution in [2.75, 3.05) is 20.3 Å². The van der Waals surface area contributed by atoms with Crippen molar-refractivity contribution < 1.29 is 14.3 Å². The van der Waals surface area contributed by atoms with Crippen molar-refractivity contribution in [2.24, 2.45) is 0 Å². The van der Waals surface area contributed by atoms with Crippen molar-refractivity contribution >= 4 is 40.8 Å². The Morgan fingerprint density at radius 1 is 1.04 bits per heavy atom. The van der Waals surface area contributed by atoms with Crippen molar-refractivity contribution in [1.29, 1.82) is 0 Å². The quantitative estimate of drug-likeness (QED) is 0.478. The van der Waals surface area contributed by atoms with E-state index in [0.29, 0.717) is 35.1 Å². The molecule has 2 amide bonds. The third kappa shape index (κ3) is 4.32. The Labute approximate surface area is 174 Å². The van der Waals surface area contributed by atoms with E-state index in [9.17, 15) is 9.59 Å². The first-order valence-electron chi connectivity index (χ1n) is 9.03. The summed E-state index contributed by atoms with van der Waals surface area (Å²) in [5.41, 5.74) is 3.36. The molecule has 0 saturated heterocycles. The molecule has 0 bridgehead atoms. The molecule has 1 aliphatic rings. The number of ether oxygens (including phenoxy) is 1. The van der Waals surface area contributed by atoms with Crippen molar-refractivity contribution in [3.05, 3.63) is 69.1 Å². The first kappa shape index (κ1) is 20.6. The van der Waals surface area contributed by atoms with Crippen LogP contribution in [-0.2, 0) is 14.3 Å². The number of hydrogen-bond donors (Lipinski definition) is 0. The maximum absolute atomic E-state index is 13.2. The van der Waals surface area contributed by atoms with Crippen LogP contribution in [0, 0.1) is 13.8 Å². The van der Waals surface area contributed by atoms with Gasteiger partial charge in [0.05, 0.1) is 10.5 Å². The Balaban J connectivity index is 2.03. The van der Waals surface area contributed by atoms with Gasteiger partial charge in [-0.3, -0.25) is 14.5 Å². The summed E-state index contributed by atoms with van der Waals surface area (Å²) >= 11 is 7.28. The minimum absolute atomic E-state index is 0.246. The molecule has 0 atom stereocenters. The number of rotatable bonds is 7. The molecule has 28 heavy (non-hydrogen) atoms. The Kier molecular flexibility index (Phi) is 6.60. The maximum atomic E-state index is 13.2. The second kappa shape index (κ2) is 8.95. The third-order valence-electron chi connectivity index (χ3n) is 4.54. The van der Waals surface area contributed by atoms with E-state index >= 15 is 0 Å².